The van der Waals surface area contributed by atoms with Crippen LogP contribution in [0.1, 0.15) is 28.4 Å². The Bertz CT molecular complexity index is 617. The molecule has 0 aliphatic rings. The fraction of sp³-hybridized carbons (Fsp3) is 0.250. The van der Waals surface area contributed by atoms with Gasteiger partial charge in [0, 0.05) is 4.47 Å². The highest BCUT2D eigenvalue weighted by Crippen LogP contribution is 2.33. The van der Waals surface area contributed by atoms with E-state index in [0.29, 0.717) is 10.0 Å². The average molecular weight is 339 g/mol. The van der Waals surface area contributed by atoms with Crippen LogP contribution in [0.25, 0.3) is 0 Å². The van der Waals surface area contributed by atoms with Crippen molar-refractivity contribution in [1.82, 2.24) is 0 Å². The molecule has 2 aromatic carbocycles. The molecular weight excluding hydrogens is 323 g/mol. The van der Waals surface area contributed by atoms with Crippen molar-refractivity contribution in [2.24, 2.45) is 0 Å². The summed E-state index contributed by atoms with van der Waals surface area (Å²) in [5.74, 6) is 0.481. The monoisotopic (exact) mass is 338 g/mol. The Hall–Kier alpha value is -1.39. The van der Waals surface area contributed by atoms with Crippen molar-refractivity contribution in [2.75, 3.05) is 7.11 Å². The number of aryl methyl sites for hydroxylation is 2. The number of aliphatic hydroxyl groups excluding tert-OH is 1. The van der Waals surface area contributed by atoms with Gasteiger partial charge in [-0.2, -0.15) is 0 Å². The Kier molecular flexibility index (Phi) is 4.45. The predicted octanol–water partition coefficient (Wildman–Crippen LogP) is 4.30. The lowest BCUT2D eigenvalue weighted by molar-refractivity contribution is 0.219. The number of hydrogen-bond donors (Lipinski definition) is 1. The molecule has 0 radical (unpaired) electrons. The summed E-state index contributed by atoms with van der Waals surface area (Å²) in [4.78, 5) is 0. The molecule has 0 aliphatic carbocycles. The molecule has 0 saturated carbocycles. The third-order valence-electron chi connectivity index (χ3n) is 3.26. The average Bonchev–Trinajstić information content (AvgIpc) is 2.37. The van der Waals surface area contributed by atoms with Crippen LogP contribution in [0, 0.1) is 19.7 Å². The summed E-state index contributed by atoms with van der Waals surface area (Å²) in [5, 5.41) is 10.5. The smallest absolute Gasteiger partial charge is 0.124 e. The van der Waals surface area contributed by atoms with E-state index in [1.54, 1.807) is 13.2 Å². The minimum Gasteiger partial charge on any atom is -0.496 e. The van der Waals surface area contributed by atoms with Crippen molar-refractivity contribution in [3.63, 3.8) is 0 Å². The summed E-state index contributed by atoms with van der Waals surface area (Å²) in [7, 11) is 1.63. The molecular formula is C16H16BrFO2. The first-order valence-corrected chi connectivity index (χ1v) is 7.01. The van der Waals surface area contributed by atoms with Crippen LogP contribution in [-0.2, 0) is 0 Å². The molecule has 0 amide bonds. The highest BCUT2D eigenvalue weighted by molar-refractivity contribution is 9.10. The maximum Gasteiger partial charge on any atom is 0.124 e. The quantitative estimate of drug-likeness (QED) is 0.904. The molecule has 1 atom stereocenters. The van der Waals surface area contributed by atoms with Crippen molar-refractivity contribution in [3.05, 3.63) is 62.9 Å². The van der Waals surface area contributed by atoms with Crippen LogP contribution < -0.4 is 4.74 Å². The summed E-state index contributed by atoms with van der Waals surface area (Å²) >= 11 is 3.29. The van der Waals surface area contributed by atoms with Crippen molar-refractivity contribution in [3.8, 4) is 5.75 Å². The van der Waals surface area contributed by atoms with E-state index in [9.17, 15) is 9.50 Å². The number of halogens is 2. The number of benzene rings is 2. The lowest BCUT2D eigenvalue weighted by atomic mass is 9.97. The minimum atomic E-state index is -0.812. The third-order valence-corrected chi connectivity index (χ3v) is 3.95. The van der Waals surface area contributed by atoms with Gasteiger partial charge in [-0.1, -0.05) is 22.0 Å². The molecule has 1 unspecified atom stereocenters. The van der Waals surface area contributed by atoms with Crippen LogP contribution in [0.15, 0.2) is 34.8 Å². The number of methoxy groups -OCH3 is 1. The van der Waals surface area contributed by atoms with Gasteiger partial charge in [-0.3, -0.25) is 0 Å². The zero-order valence-electron chi connectivity index (χ0n) is 11.6. The van der Waals surface area contributed by atoms with E-state index >= 15 is 0 Å². The number of hydrogen-bond acceptors (Lipinski definition) is 2. The molecule has 2 aromatic rings. The molecule has 20 heavy (non-hydrogen) atoms. The molecule has 0 heterocycles. The van der Waals surface area contributed by atoms with Gasteiger partial charge in [-0.15, -0.1) is 0 Å². The Morgan fingerprint density at radius 1 is 1.15 bits per heavy atom. The van der Waals surface area contributed by atoms with E-state index in [1.165, 1.54) is 12.1 Å². The van der Waals surface area contributed by atoms with E-state index in [1.807, 2.05) is 26.0 Å². The molecule has 0 saturated heterocycles. The second kappa shape index (κ2) is 5.94. The maximum atomic E-state index is 13.1. The lowest BCUT2D eigenvalue weighted by Crippen LogP contribution is -2.03. The number of ether oxygens (including phenoxy) is 1. The summed E-state index contributed by atoms with van der Waals surface area (Å²) in [6.07, 6.45) is -0.812. The molecule has 1 N–H and O–H groups in total. The SMILES string of the molecule is COc1c(C)cc(C(O)c2ccc(F)cc2Br)cc1C. The van der Waals surface area contributed by atoms with Crippen LogP contribution in [0.5, 0.6) is 5.75 Å². The molecule has 2 rings (SSSR count). The molecule has 0 aromatic heterocycles. The minimum absolute atomic E-state index is 0.338. The Balaban J connectivity index is 2.45. The topological polar surface area (TPSA) is 29.5 Å². The van der Waals surface area contributed by atoms with Crippen LogP contribution in [-0.4, -0.2) is 12.2 Å². The summed E-state index contributed by atoms with van der Waals surface area (Å²) in [6.45, 7) is 3.86. The highest BCUT2D eigenvalue weighted by atomic mass is 79.9. The first-order valence-electron chi connectivity index (χ1n) is 6.22. The van der Waals surface area contributed by atoms with Crippen molar-refractivity contribution in [2.45, 2.75) is 20.0 Å². The molecule has 0 bridgehead atoms. The maximum absolute atomic E-state index is 13.1. The van der Waals surface area contributed by atoms with Crippen LogP contribution in [0.3, 0.4) is 0 Å². The van der Waals surface area contributed by atoms with Crippen molar-refractivity contribution >= 4 is 15.9 Å². The van der Waals surface area contributed by atoms with Gasteiger partial charge in [0.1, 0.15) is 17.7 Å². The number of aliphatic hydroxyl groups is 1. The summed E-state index contributed by atoms with van der Waals surface area (Å²) in [6, 6.07) is 8.03. The first kappa shape index (κ1) is 15.0. The van der Waals surface area contributed by atoms with Gasteiger partial charge in [0.15, 0.2) is 0 Å². The summed E-state index contributed by atoms with van der Waals surface area (Å²) < 4.78 is 19.0. The van der Waals surface area contributed by atoms with Crippen molar-refractivity contribution < 1.29 is 14.2 Å². The standard InChI is InChI=1S/C16H16BrFO2/c1-9-6-11(7-10(2)16(9)20-3)15(19)13-5-4-12(18)8-14(13)17/h4-8,15,19H,1-3H3. The van der Waals surface area contributed by atoms with E-state index in [-0.39, 0.29) is 5.82 Å². The van der Waals surface area contributed by atoms with Gasteiger partial charge in [-0.05, 0) is 60.4 Å². The van der Waals surface area contributed by atoms with Crippen LogP contribution in [0.2, 0.25) is 0 Å². The third kappa shape index (κ3) is 2.86. The van der Waals surface area contributed by atoms with Gasteiger partial charge in [-0.25, -0.2) is 4.39 Å². The zero-order valence-corrected chi connectivity index (χ0v) is 13.2. The van der Waals surface area contributed by atoms with Gasteiger partial charge < -0.3 is 9.84 Å². The first-order chi connectivity index (χ1) is 9.43. The second-order valence-electron chi connectivity index (χ2n) is 4.76. The van der Waals surface area contributed by atoms with Crippen molar-refractivity contribution in [1.29, 1.82) is 0 Å². The lowest BCUT2D eigenvalue weighted by Gasteiger charge is -2.17. The predicted molar refractivity (Wildman–Crippen MR) is 80.6 cm³/mol. The van der Waals surface area contributed by atoms with Gasteiger partial charge in [0.2, 0.25) is 0 Å². The molecule has 0 spiro atoms. The van der Waals surface area contributed by atoms with E-state index in [0.717, 1.165) is 22.4 Å². The number of rotatable bonds is 3. The van der Waals surface area contributed by atoms with E-state index < -0.39 is 6.10 Å². The summed E-state index contributed by atoms with van der Waals surface area (Å²) in [5.41, 5.74) is 3.31. The molecule has 2 nitrogen and oxygen atoms in total. The van der Waals surface area contributed by atoms with Gasteiger partial charge in [0.25, 0.3) is 0 Å². The van der Waals surface area contributed by atoms with Crippen LogP contribution in [0.4, 0.5) is 4.39 Å². The normalized spacial score (nSPS) is 12.3. The zero-order chi connectivity index (χ0) is 14.9. The fourth-order valence-corrected chi connectivity index (χ4v) is 2.93. The Morgan fingerprint density at radius 3 is 2.25 bits per heavy atom. The Morgan fingerprint density at radius 2 is 1.75 bits per heavy atom. The highest BCUT2D eigenvalue weighted by Gasteiger charge is 2.16. The second-order valence-corrected chi connectivity index (χ2v) is 5.61. The molecule has 106 valence electrons. The Labute approximate surface area is 126 Å². The van der Waals surface area contributed by atoms with Gasteiger partial charge >= 0.3 is 0 Å². The van der Waals surface area contributed by atoms with Gasteiger partial charge in [0.05, 0.1) is 7.11 Å². The van der Waals surface area contributed by atoms with E-state index in [2.05, 4.69) is 15.9 Å². The molecule has 0 aliphatic heterocycles. The largest absolute Gasteiger partial charge is 0.496 e. The van der Waals surface area contributed by atoms with E-state index in [4.69, 9.17) is 4.74 Å². The van der Waals surface area contributed by atoms with Crippen LogP contribution >= 0.6 is 15.9 Å². The molecule has 4 heteroatoms. The fourth-order valence-electron chi connectivity index (χ4n) is 2.37. The molecule has 0 fully saturated rings.